The number of fused-ring (bicyclic) bond motifs is 1. The lowest BCUT2D eigenvalue weighted by Gasteiger charge is -2.16. The van der Waals surface area contributed by atoms with Crippen LogP contribution in [-0.4, -0.2) is 31.5 Å². The first-order valence-corrected chi connectivity index (χ1v) is 14.1. The number of benzene rings is 2. The molecule has 2 aromatic carbocycles. The van der Waals surface area contributed by atoms with Gasteiger partial charge in [0, 0.05) is 35.4 Å². The van der Waals surface area contributed by atoms with Gasteiger partial charge >= 0.3 is 18.0 Å². The molecular weight excluding hydrogens is 575 g/mol. The molecule has 3 aromatic rings. The first-order valence-electron chi connectivity index (χ1n) is 14.1. The highest BCUT2D eigenvalue weighted by Gasteiger charge is 2.33. The summed E-state index contributed by atoms with van der Waals surface area (Å²) in [5.74, 6) is -3.80. The zero-order valence-corrected chi connectivity index (χ0v) is 24.2. The fourth-order valence-corrected chi connectivity index (χ4v) is 4.37. The summed E-state index contributed by atoms with van der Waals surface area (Å²) in [7, 11) is 0. The zero-order chi connectivity index (χ0) is 31.6. The van der Waals surface area contributed by atoms with Crippen molar-refractivity contribution in [1.82, 2.24) is 0 Å². The minimum absolute atomic E-state index is 0.00546. The maximum Gasteiger partial charge on any atom is 0.573 e. The van der Waals surface area contributed by atoms with E-state index >= 15 is 0 Å². The Balaban J connectivity index is 1.66. The van der Waals surface area contributed by atoms with Crippen LogP contribution in [0.2, 0.25) is 0 Å². The molecule has 3 rings (SSSR count). The predicted molar refractivity (Wildman–Crippen MR) is 153 cm³/mol. The molecule has 0 spiro atoms. The van der Waals surface area contributed by atoms with E-state index in [2.05, 4.69) is 11.3 Å². The number of carbonyl (C=O) groups excluding carboxylic acids is 1. The number of halogens is 5. The van der Waals surface area contributed by atoms with Gasteiger partial charge in [-0.25, -0.2) is 18.4 Å². The van der Waals surface area contributed by atoms with Gasteiger partial charge in [-0.05, 0) is 62.4 Å². The second-order valence-corrected chi connectivity index (χ2v) is 10.3. The van der Waals surface area contributed by atoms with E-state index < -0.39 is 42.5 Å². The van der Waals surface area contributed by atoms with Crippen LogP contribution in [-0.2, 0) is 16.0 Å². The molecule has 234 valence electrons. The van der Waals surface area contributed by atoms with Crippen LogP contribution < -0.4 is 15.1 Å². The van der Waals surface area contributed by atoms with Gasteiger partial charge < -0.3 is 18.6 Å². The van der Waals surface area contributed by atoms with Crippen LogP contribution in [0.4, 0.5) is 22.0 Å². The van der Waals surface area contributed by atoms with Crippen molar-refractivity contribution in [3.63, 3.8) is 0 Å². The van der Waals surface area contributed by atoms with Crippen molar-refractivity contribution >= 4 is 16.9 Å². The number of aryl methyl sites for hydroxylation is 1. The lowest BCUT2D eigenvalue weighted by Crippen LogP contribution is -2.18. The van der Waals surface area contributed by atoms with Crippen LogP contribution in [0.25, 0.3) is 22.1 Å². The fourth-order valence-electron chi connectivity index (χ4n) is 4.37. The molecule has 0 bridgehead atoms. The fraction of sp³-hybridized carbons (Fsp3) is 0.438. The minimum atomic E-state index is -4.95. The van der Waals surface area contributed by atoms with E-state index in [1.807, 2.05) is 6.92 Å². The molecule has 0 radical (unpaired) electrons. The van der Waals surface area contributed by atoms with Gasteiger partial charge in [0.1, 0.15) is 17.1 Å². The predicted octanol–water partition coefficient (Wildman–Crippen LogP) is 8.79. The highest BCUT2D eigenvalue weighted by atomic mass is 19.4. The third-order valence-electron chi connectivity index (χ3n) is 6.56. The number of unbranched alkanes of at least 4 members (excludes halogenated alkanes) is 2. The maximum atomic E-state index is 14.1. The summed E-state index contributed by atoms with van der Waals surface area (Å²) in [6, 6.07) is 10.3. The largest absolute Gasteiger partial charge is 0.573 e. The molecule has 0 atom stereocenters. The Morgan fingerprint density at radius 2 is 1.63 bits per heavy atom. The molecule has 0 unspecified atom stereocenters. The molecule has 11 heteroatoms. The van der Waals surface area contributed by atoms with E-state index in [-0.39, 0.29) is 54.1 Å². The summed E-state index contributed by atoms with van der Waals surface area (Å²) in [6.45, 7) is 6.77. The number of ether oxygens (including phenoxy) is 3. The van der Waals surface area contributed by atoms with Gasteiger partial charge in [-0.15, -0.1) is 13.2 Å². The molecule has 6 nitrogen and oxygen atoms in total. The Morgan fingerprint density at radius 3 is 2.30 bits per heavy atom. The number of rotatable bonds is 16. The summed E-state index contributed by atoms with van der Waals surface area (Å²) in [6.07, 6.45) is -2.53. The van der Waals surface area contributed by atoms with E-state index in [1.54, 1.807) is 18.2 Å². The summed E-state index contributed by atoms with van der Waals surface area (Å²) in [5, 5.41) is 0.422. The molecule has 43 heavy (non-hydrogen) atoms. The molecule has 0 amide bonds. The topological polar surface area (TPSA) is 75.0 Å². The van der Waals surface area contributed by atoms with Gasteiger partial charge in [0.05, 0.1) is 18.8 Å². The van der Waals surface area contributed by atoms with Crippen LogP contribution >= 0.6 is 0 Å². The average molecular weight is 611 g/mol. The Morgan fingerprint density at radius 1 is 0.907 bits per heavy atom. The molecule has 0 N–H and O–H groups in total. The molecule has 0 aliphatic carbocycles. The van der Waals surface area contributed by atoms with Gasteiger partial charge in [0.15, 0.2) is 0 Å². The summed E-state index contributed by atoms with van der Waals surface area (Å²) >= 11 is 0. The quantitative estimate of drug-likeness (QED) is 0.0531. The molecule has 1 aromatic heterocycles. The summed E-state index contributed by atoms with van der Waals surface area (Å²) in [4.78, 5) is 24.2. The second kappa shape index (κ2) is 15.0. The third-order valence-corrected chi connectivity index (χ3v) is 6.56. The first kappa shape index (κ1) is 33.6. The Kier molecular flexibility index (Phi) is 11.7. The highest BCUT2D eigenvalue weighted by molar-refractivity contribution is 5.87. The normalized spacial score (nSPS) is 11.9. The third kappa shape index (κ3) is 10.7. The standard InChI is InChI=1S/C32H35F5O6/c1-4-5-6-9-22-10-13-25(28(18-22)43-32(35,36)37)26-19-23-11-12-24(20-27(23)42-30(26)39)40-16-7-14-31(33,34)15-8-17-41-29(38)21(2)3/h10-13,18-20H,2,4-9,14-17H2,1,3H3. The molecule has 0 fully saturated rings. The summed E-state index contributed by atoms with van der Waals surface area (Å²) < 4.78 is 87.9. The molecule has 0 saturated carbocycles. The van der Waals surface area contributed by atoms with E-state index in [0.29, 0.717) is 17.4 Å². The number of carbonyl (C=O) groups is 1. The van der Waals surface area contributed by atoms with Crippen molar-refractivity contribution in [1.29, 1.82) is 0 Å². The van der Waals surface area contributed by atoms with Gasteiger partial charge in [0.2, 0.25) is 5.92 Å². The van der Waals surface area contributed by atoms with E-state index in [9.17, 15) is 31.5 Å². The Labute approximate surface area is 246 Å². The molecular formula is C32H35F5O6. The van der Waals surface area contributed by atoms with Crippen molar-refractivity contribution in [2.75, 3.05) is 13.2 Å². The number of hydrogen-bond acceptors (Lipinski definition) is 6. The smallest absolute Gasteiger partial charge is 0.493 e. The van der Waals surface area contributed by atoms with Crippen LogP contribution in [0.1, 0.15) is 64.4 Å². The van der Waals surface area contributed by atoms with E-state index in [1.165, 1.54) is 31.2 Å². The van der Waals surface area contributed by atoms with Crippen LogP contribution in [0, 0.1) is 0 Å². The van der Waals surface area contributed by atoms with Crippen LogP contribution in [0.15, 0.2) is 63.8 Å². The molecule has 0 aliphatic heterocycles. The molecule has 0 aliphatic rings. The van der Waals surface area contributed by atoms with Crippen LogP contribution in [0.5, 0.6) is 11.5 Å². The van der Waals surface area contributed by atoms with Gasteiger partial charge in [0.25, 0.3) is 0 Å². The van der Waals surface area contributed by atoms with E-state index in [4.69, 9.17) is 13.9 Å². The second-order valence-electron chi connectivity index (χ2n) is 10.3. The first-order chi connectivity index (χ1) is 20.3. The monoisotopic (exact) mass is 610 g/mol. The van der Waals surface area contributed by atoms with Crippen molar-refractivity contribution < 1.29 is 45.4 Å². The lowest BCUT2D eigenvalue weighted by molar-refractivity contribution is -0.274. The SMILES string of the molecule is C=C(C)C(=O)OCCCC(F)(F)CCCOc1ccc2cc(-c3ccc(CCCCC)cc3OC(F)(F)F)c(=O)oc2c1. The number of esters is 1. The number of hydrogen-bond donors (Lipinski definition) is 0. The average Bonchev–Trinajstić information content (AvgIpc) is 2.92. The zero-order valence-electron chi connectivity index (χ0n) is 24.2. The van der Waals surface area contributed by atoms with Crippen molar-refractivity contribution in [2.45, 2.75) is 77.5 Å². The van der Waals surface area contributed by atoms with Crippen LogP contribution in [0.3, 0.4) is 0 Å². The van der Waals surface area contributed by atoms with Crippen molar-refractivity contribution in [3.05, 3.63) is 70.6 Å². The lowest BCUT2D eigenvalue weighted by atomic mass is 10.00. The van der Waals surface area contributed by atoms with Gasteiger partial charge in [-0.2, -0.15) is 0 Å². The minimum Gasteiger partial charge on any atom is -0.493 e. The molecule has 0 saturated heterocycles. The molecule has 1 heterocycles. The van der Waals surface area contributed by atoms with Gasteiger partial charge in [-0.1, -0.05) is 38.5 Å². The highest BCUT2D eigenvalue weighted by Crippen LogP contribution is 2.35. The maximum absolute atomic E-state index is 14.1. The van der Waals surface area contributed by atoms with E-state index in [0.717, 1.165) is 19.3 Å². The number of alkyl halides is 5. The van der Waals surface area contributed by atoms with Crippen molar-refractivity contribution in [3.8, 4) is 22.6 Å². The Hall–Kier alpha value is -3.89. The van der Waals surface area contributed by atoms with Gasteiger partial charge in [-0.3, -0.25) is 0 Å². The summed E-state index contributed by atoms with van der Waals surface area (Å²) in [5.41, 5.74) is -0.0472. The van der Waals surface area contributed by atoms with Crippen molar-refractivity contribution in [2.24, 2.45) is 0 Å². The Bertz CT molecular complexity index is 1460.